The molecule has 0 fully saturated rings. The van der Waals surface area contributed by atoms with Gasteiger partial charge < -0.3 is 9.52 Å². The third kappa shape index (κ3) is 2.59. The van der Waals surface area contributed by atoms with Crippen molar-refractivity contribution in [3.8, 4) is 39.3 Å². The monoisotopic (exact) mass is 312 g/mol. The first-order chi connectivity index (χ1) is 11.8. The second-order valence-electron chi connectivity index (χ2n) is 5.63. The molecule has 4 rings (SSSR count). The van der Waals surface area contributed by atoms with E-state index >= 15 is 0 Å². The van der Waals surface area contributed by atoms with Crippen molar-refractivity contribution in [3.63, 3.8) is 0 Å². The number of hydrogen-bond acceptors (Lipinski definition) is 2. The molecule has 1 heterocycles. The Bertz CT molecular complexity index is 879. The van der Waals surface area contributed by atoms with Crippen molar-refractivity contribution in [3.05, 3.63) is 91.2 Å². The molecule has 2 heteroatoms. The van der Waals surface area contributed by atoms with Gasteiger partial charge in [0.15, 0.2) is 0 Å². The summed E-state index contributed by atoms with van der Waals surface area (Å²) in [6.45, 7) is 0. The smallest absolute Gasteiger partial charge is 0.133 e. The van der Waals surface area contributed by atoms with Gasteiger partial charge >= 0.3 is 0 Å². The second kappa shape index (κ2) is 6.09. The second-order valence-corrected chi connectivity index (χ2v) is 5.63. The number of aromatic hydroxyl groups is 1. The highest BCUT2D eigenvalue weighted by atomic mass is 16.3. The fourth-order valence-corrected chi connectivity index (χ4v) is 2.90. The van der Waals surface area contributed by atoms with E-state index in [9.17, 15) is 5.11 Å². The molecule has 0 atom stereocenters. The molecule has 0 saturated heterocycles. The molecule has 1 N–H and O–H groups in total. The van der Waals surface area contributed by atoms with E-state index in [0.29, 0.717) is 0 Å². The zero-order valence-corrected chi connectivity index (χ0v) is 13.0. The number of benzene rings is 3. The summed E-state index contributed by atoms with van der Waals surface area (Å²) < 4.78 is 5.56. The summed E-state index contributed by atoms with van der Waals surface area (Å²) in [6.07, 6.45) is 1.66. The zero-order chi connectivity index (χ0) is 16.4. The highest BCUT2D eigenvalue weighted by Gasteiger charge is 2.15. The van der Waals surface area contributed by atoms with E-state index in [1.165, 1.54) is 0 Å². The largest absolute Gasteiger partial charge is 0.507 e. The SMILES string of the molecule is Oc1c(-c2ccccc2)cc(-c2ccco2)cc1-c1ccccc1. The Hall–Kier alpha value is -3.26. The number of phenols is 1. The van der Waals surface area contributed by atoms with Gasteiger partial charge in [-0.15, -0.1) is 0 Å². The quantitative estimate of drug-likeness (QED) is 0.504. The summed E-state index contributed by atoms with van der Waals surface area (Å²) in [7, 11) is 0. The highest BCUT2D eigenvalue weighted by molar-refractivity contribution is 5.86. The summed E-state index contributed by atoms with van der Waals surface area (Å²) in [6, 6.07) is 27.5. The molecule has 0 radical (unpaired) electrons. The van der Waals surface area contributed by atoms with Gasteiger partial charge in [0, 0.05) is 16.7 Å². The van der Waals surface area contributed by atoms with E-state index < -0.39 is 0 Å². The lowest BCUT2D eigenvalue weighted by Gasteiger charge is -2.13. The van der Waals surface area contributed by atoms with E-state index in [2.05, 4.69) is 0 Å². The number of rotatable bonds is 3. The van der Waals surface area contributed by atoms with Gasteiger partial charge in [-0.05, 0) is 35.4 Å². The molecule has 1 aromatic heterocycles. The third-order valence-electron chi connectivity index (χ3n) is 4.09. The first-order valence-corrected chi connectivity index (χ1v) is 7.84. The number of phenolic OH excluding ortho intramolecular Hbond substituents is 1. The van der Waals surface area contributed by atoms with Crippen molar-refractivity contribution in [1.82, 2.24) is 0 Å². The highest BCUT2D eigenvalue weighted by Crippen LogP contribution is 2.41. The van der Waals surface area contributed by atoms with Crippen molar-refractivity contribution in [2.75, 3.05) is 0 Å². The van der Waals surface area contributed by atoms with Crippen LogP contribution in [0.5, 0.6) is 5.75 Å². The average Bonchev–Trinajstić information content (AvgIpc) is 3.18. The average molecular weight is 312 g/mol. The number of hydrogen-bond donors (Lipinski definition) is 1. The van der Waals surface area contributed by atoms with Crippen LogP contribution >= 0.6 is 0 Å². The molecule has 0 unspecified atom stereocenters. The Morgan fingerprint density at radius 3 is 1.58 bits per heavy atom. The van der Waals surface area contributed by atoms with Crippen LogP contribution < -0.4 is 0 Å². The molecule has 0 bridgehead atoms. The lowest BCUT2D eigenvalue weighted by Crippen LogP contribution is -1.87. The molecule has 4 aromatic rings. The summed E-state index contributed by atoms with van der Waals surface area (Å²) in [4.78, 5) is 0. The normalized spacial score (nSPS) is 10.7. The Morgan fingerprint density at radius 2 is 1.12 bits per heavy atom. The minimum absolute atomic E-state index is 0.280. The van der Waals surface area contributed by atoms with Gasteiger partial charge in [0.2, 0.25) is 0 Å². The molecule has 3 aromatic carbocycles. The van der Waals surface area contributed by atoms with Crippen LogP contribution in [0.15, 0.2) is 95.6 Å². The van der Waals surface area contributed by atoms with Crippen LogP contribution in [0.2, 0.25) is 0 Å². The lowest BCUT2D eigenvalue weighted by atomic mass is 9.94. The Labute approximate surface area is 140 Å². The van der Waals surface area contributed by atoms with Gasteiger partial charge in [-0.1, -0.05) is 60.7 Å². The van der Waals surface area contributed by atoms with E-state index in [1.54, 1.807) is 6.26 Å². The minimum Gasteiger partial charge on any atom is -0.507 e. The predicted octanol–water partition coefficient (Wildman–Crippen LogP) is 5.99. The maximum absolute atomic E-state index is 10.9. The molecule has 24 heavy (non-hydrogen) atoms. The fraction of sp³-hybridized carbons (Fsp3) is 0. The molecule has 0 aliphatic heterocycles. The molecular formula is C22H16O2. The fourth-order valence-electron chi connectivity index (χ4n) is 2.90. The van der Waals surface area contributed by atoms with E-state index in [1.807, 2.05) is 84.9 Å². The molecule has 116 valence electrons. The van der Waals surface area contributed by atoms with E-state index in [0.717, 1.165) is 33.6 Å². The van der Waals surface area contributed by atoms with Crippen molar-refractivity contribution < 1.29 is 9.52 Å². The van der Waals surface area contributed by atoms with Crippen molar-refractivity contribution in [1.29, 1.82) is 0 Å². The third-order valence-corrected chi connectivity index (χ3v) is 4.09. The zero-order valence-electron chi connectivity index (χ0n) is 13.0. The molecular weight excluding hydrogens is 296 g/mol. The Balaban J connectivity index is 1.98. The van der Waals surface area contributed by atoms with Gasteiger partial charge in [-0.2, -0.15) is 0 Å². The van der Waals surface area contributed by atoms with Crippen molar-refractivity contribution >= 4 is 0 Å². The summed E-state index contributed by atoms with van der Waals surface area (Å²) in [5, 5.41) is 10.9. The molecule has 2 nitrogen and oxygen atoms in total. The first-order valence-electron chi connectivity index (χ1n) is 7.84. The van der Waals surface area contributed by atoms with E-state index in [-0.39, 0.29) is 5.75 Å². The maximum atomic E-state index is 10.9. The van der Waals surface area contributed by atoms with Crippen LogP contribution in [-0.4, -0.2) is 5.11 Å². The molecule has 0 amide bonds. The topological polar surface area (TPSA) is 33.4 Å². The van der Waals surface area contributed by atoms with Gasteiger partial charge in [-0.25, -0.2) is 0 Å². The van der Waals surface area contributed by atoms with Crippen LogP contribution in [0.3, 0.4) is 0 Å². The van der Waals surface area contributed by atoms with Gasteiger partial charge in [0.25, 0.3) is 0 Å². The van der Waals surface area contributed by atoms with Gasteiger partial charge in [-0.3, -0.25) is 0 Å². The summed E-state index contributed by atoms with van der Waals surface area (Å²) >= 11 is 0. The minimum atomic E-state index is 0.280. The number of furan rings is 1. The van der Waals surface area contributed by atoms with Crippen LogP contribution in [0.25, 0.3) is 33.6 Å². The lowest BCUT2D eigenvalue weighted by molar-refractivity contribution is 0.479. The molecule has 0 aliphatic rings. The van der Waals surface area contributed by atoms with Crippen LogP contribution in [0.4, 0.5) is 0 Å². The van der Waals surface area contributed by atoms with Crippen LogP contribution in [0, 0.1) is 0 Å². The first kappa shape index (κ1) is 14.3. The molecule has 0 saturated carbocycles. The van der Waals surface area contributed by atoms with Crippen molar-refractivity contribution in [2.24, 2.45) is 0 Å². The summed E-state index contributed by atoms with van der Waals surface area (Å²) in [5.41, 5.74) is 4.48. The molecule has 0 spiro atoms. The van der Waals surface area contributed by atoms with Gasteiger partial charge in [0.05, 0.1) is 6.26 Å². The van der Waals surface area contributed by atoms with Crippen LogP contribution in [0.1, 0.15) is 0 Å². The maximum Gasteiger partial charge on any atom is 0.133 e. The molecule has 0 aliphatic carbocycles. The van der Waals surface area contributed by atoms with E-state index in [4.69, 9.17) is 4.42 Å². The van der Waals surface area contributed by atoms with Crippen LogP contribution in [-0.2, 0) is 0 Å². The van der Waals surface area contributed by atoms with Crippen molar-refractivity contribution in [2.45, 2.75) is 0 Å². The summed E-state index contributed by atoms with van der Waals surface area (Å²) in [5.74, 6) is 1.06. The Morgan fingerprint density at radius 1 is 0.583 bits per heavy atom. The standard InChI is InChI=1S/C22H16O2/c23-22-19(16-8-3-1-4-9-16)14-18(21-12-7-13-24-21)15-20(22)17-10-5-2-6-11-17/h1-15,23H. The Kier molecular flexibility index (Phi) is 3.64. The van der Waals surface area contributed by atoms with Gasteiger partial charge in [0.1, 0.15) is 11.5 Å². The predicted molar refractivity (Wildman–Crippen MR) is 96.7 cm³/mol.